The summed E-state index contributed by atoms with van der Waals surface area (Å²) >= 11 is 0. The molecule has 0 radical (unpaired) electrons. The standard InChI is InChI=1S/C28H39N3O2/c1-21(2)25-10-12-26(13-11-25)29-28(33)31(22(3)4)19-16-27(32)30-17-14-24(15-18-30)20-23-8-6-5-7-9-23/h5-13,21-22,24H,14-20H2,1-4H3,(H,29,33). The van der Waals surface area contributed by atoms with Crippen LogP contribution in [0.2, 0.25) is 0 Å². The number of rotatable bonds is 8. The molecule has 1 N–H and O–H groups in total. The van der Waals surface area contributed by atoms with E-state index in [1.54, 1.807) is 4.90 Å². The Balaban J connectivity index is 1.46. The molecule has 1 aliphatic rings. The van der Waals surface area contributed by atoms with Crippen molar-refractivity contribution < 1.29 is 9.59 Å². The zero-order chi connectivity index (χ0) is 23.8. The summed E-state index contributed by atoms with van der Waals surface area (Å²) in [6.45, 7) is 10.3. The first-order chi connectivity index (χ1) is 15.8. The second kappa shape index (κ2) is 11.9. The number of piperidine rings is 1. The third-order valence-corrected chi connectivity index (χ3v) is 6.61. The number of carbonyl (C=O) groups excluding carboxylic acids is 2. The van der Waals surface area contributed by atoms with Gasteiger partial charge in [-0.25, -0.2) is 4.79 Å². The minimum absolute atomic E-state index is 0.0179. The number of urea groups is 1. The average Bonchev–Trinajstić information content (AvgIpc) is 2.80. The lowest BCUT2D eigenvalue weighted by Crippen LogP contribution is -2.44. The molecule has 33 heavy (non-hydrogen) atoms. The Bertz CT molecular complexity index is 885. The normalized spacial score (nSPS) is 14.5. The molecular weight excluding hydrogens is 410 g/mol. The fraction of sp³-hybridized carbons (Fsp3) is 0.500. The summed E-state index contributed by atoms with van der Waals surface area (Å²) in [5.41, 5.74) is 3.40. The van der Waals surface area contributed by atoms with Crippen molar-refractivity contribution in [1.29, 1.82) is 0 Å². The molecule has 3 amide bonds. The van der Waals surface area contributed by atoms with Gasteiger partial charge in [0.15, 0.2) is 0 Å². The van der Waals surface area contributed by atoms with E-state index in [4.69, 9.17) is 0 Å². The average molecular weight is 450 g/mol. The molecule has 2 aromatic carbocycles. The van der Waals surface area contributed by atoms with E-state index in [-0.39, 0.29) is 18.0 Å². The Morgan fingerprint density at radius 3 is 2.18 bits per heavy atom. The third kappa shape index (κ3) is 7.34. The maximum Gasteiger partial charge on any atom is 0.322 e. The lowest BCUT2D eigenvalue weighted by atomic mass is 9.90. The van der Waals surface area contributed by atoms with Gasteiger partial charge in [-0.2, -0.15) is 0 Å². The second-order valence-electron chi connectivity index (χ2n) is 9.76. The van der Waals surface area contributed by atoms with Crippen LogP contribution in [-0.2, 0) is 11.2 Å². The number of anilines is 1. The van der Waals surface area contributed by atoms with Gasteiger partial charge in [-0.1, -0.05) is 56.3 Å². The summed E-state index contributed by atoms with van der Waals surface area (Å²) in [5.74, 6) is 1.24. The van der Waals surface area contributed by atoms with Crippen LogP contribution in [0.25, 0.3) is 0 Å². The molecule has 5 heteroatoms. The SMILES string of the molecule is CC(C)c1ccc(NC(=O)N(CCC(=O)N2CCC(Cc3ccccc3)CC2)C(C)C)cc1. The molecule has 0 spiro atoms. The van der Waals surface area contributed by atoms with Crippen LogP contribution in [0.3, 0.4) is 0 Å². The molecule has 1 fully saturated rings. The number of nitrogens with one attached hydrogen (secondary N) is 1. The maximum absolute atomic E-state index is 12.9. The summed E-state index contributed by atoms with van der Waals surface area (Å²) in [6, 6.07) is 18.4. The van der Waals surface area contributed by atoms with Crippen LogP contribution >= 0.6 is 0 Å². The highest BCUT2D eigenvalue weighted by Gasteiger charge is 2.24. The molecular formula is C28H39N3O2. The Kier molecular flexibility index (Phi) is 8.93. The molecule has 3 rings (SSSR count). The summed E-state index contributed by atoms with van der Waals surface area (Å²) in [5, 5.41) is 2.98. The number of likely N-dealkylation sites (tertiary alicyclic amines) is 1. The highest BCUT2D eigenvalue weighted by molar-refractivity contribution is 5.90. The largest absolute Gasteiger partial charge is 0.343 e. The Hall–Kier alpha value is -2.82. The molecule has 1 aliphatic heterocycles. The minimum atomic E-state index is -0.156. The van der Waals surface area contributed by atoms with Crippen LogP contribution in [-0.4, -0.2) is 47.4 Å². The fourth-order valence-corrected chi connectivity index (χ4v) is 4.45. The van der Waals surface area contributed by atoms with Crippen LogP contribution < -0.4 is 5.32 Å². The topological polar surface area (TPSA) is 52.7 Å². The van der Waals surface area contributed by atoms with Gasteiger partial charge in [0, 0.05) is 37.8 Å². The molecule has 5 nitrogen and oxygen atoms in total. The van der Waals surface area contributed by atoms with Gasteiger partial charge in [-0.05, 0) is 68.2 Å². The Morgan fingerprint density at radius 1 is 0.970 bits per heavy atom. The highest BCUT2D eigenvalue weighted by Crippen LogP contribution is 2.22. The molecule has 1 saturated heterocycles. The van der Waals surface area contributed by atoms with Gasteiger partial charge in [-0.3, -0.25) is 4.79 Å². The van der Waals surface area contributed by atoms with Crippen molar-refractivity contribution in [2.24, 2.45) is 5.92 Å². The molecule has 1 heterocycles. The molecule has 178 valence electrons. The van der Waals surface area contributed by atoms with Crippen molar-refractivity contribution in [3.8, 4) is 0 Å². The molecule has 2 aromatic rings. The molecule has 0 bridgehead atoms. The third-order valence-electron chi connectivity index (χ3n) is 6.61. The lowest BCUT2D eigenvalue weighted by molar-refractivity contribution is -0.132. The highest BCUT2D eigenvalue weighted by atomic mass is 16.2. The first-order valence-corrected chi connectivity index (χ1v) is 12.3. The van der Waals surface area contributed by atoms with Crippen LogP contribution in [0, 0.1) is 5.92 Å². The number of benzene rings is 2. The Labute approximate surface area is 199 Å². The fourth-order valence-electron chi connectivity index (χ4n) is 4.45. The van der Waals surface area contributed by atoms with Crippen molar-refractivity contribution >= 4 is 17.6 Å². The van der Waals surface area contributed by atoms with E-state index in [1.165, 1.54) is 11.1 Å². The van der Waals surface area contributed by atoms with Crippen molar-refractivity contribution in [3.05, 3.63) is 65.7 Å². The van der Waals surface area contributed by atoms with E-state index in [0.717, 1.165) is 38.0 Å². The lowest BCUT2D eigenvalue weighted by Gasteiger charge is -2.33. The number of hydrogen-bond acceptors (Lipinski definition) is 2. The number of hydrogen-bond donors (Lipinski definition) is 1. The monoisotopic (exact) mass is 449 g/mol. The van der Waals surface area contributed by atoms with Crippen LogP contribution in [0.5, 0.6) is 0 Å². The molecule has 0 atom stereocenters. The number of carbonyl (C=O) groups is 2. The smallest absolute Gasteiger partial charge is 0.322 e. The predicted octanol–water partition coefficient (Wildman–Crippen LogP) is 5.92. The van der Waals surface area contributed by atoms with Crippen molar-refractivity contribution in [3.63, 3.8) is 0 Å². The number of amides is 3. The first-order valence-electron chi connectivity index (χ1n) is 12.3. The minimum Gasteiger partial charge on any atom is -0.343 e. The van der Waals surface area contributed by atoms with E-state index in [0.29, 0.717) is 24.8 Å². The predicted molar refractivity (Wildman–Crippen MR) is 135 cm³/mol. The van der Waals surface area contributed by atoms with E-state index >= 15 is 0 Å². The van der Waals surface area contributed by atoms with E-state index in [1.807, 2.05) is 49.1 Å². The van der Waals surface area contributed by atoms with Gasteiger partial charge >= 0.3 is 6.03 Å². The van der Waals surface area contributed by atoms with Gasteiger partial charge in [0.25, 0.3) is 0 Å². The van der Waals surface area contributed by atoms with E-state index in [9.17, 15) is 9.59 Å². The summed E-state index contributed by atoms with van der Waals surface area (Å²) in [6.07, 6.45) is 3.53. The van der Waals surface area contributed by atoms with Gasteiger partial charge in [-0.15, -0.1) is 0 Å². The first kappa shape index (κ1) is 24.8. The van der Waals surface area contributed by atoms with Crippen molar-refractivity contribution in [2.45, 2.75) is 65.3 Å². The Morgan fingerprint density at radius 2 is 1.61 bits per heavy atom. The summed E-state index contributed by atoms with van der Waals surface area (Å²) < 4.78 is 0. The zero-order valence-electron chi connectivity index (χ0n) is 20.6. The molecule has 0 saturated carbocycles. The molecule has 0 aliphatic carbocycles. The van der Waals surface area contributed by atoms with Crippen LogP contribution in [0.4, 0.5) is 10.5 Å². The number of nitrogens with zero attached hydrogens (tertiary/aromatic N) is 2. The zero-order valence-corrected chi connectivity index (χ0v) is 20.6. The molecule has 0 unspecified atom stereocenters. The van der Waals surface area contributed by atoms with Crippen molar-refractivity contribution in [1.82, 2.24) is 9.80 Å². The molecule has 0 aromatic heterocycles. The quantitative estimate of drug-likeness (QED) is 0.543. The summed E-state index contributed by atoms with van der Waals surface area (Å²) in [4.78, 5) is 29.4. The summed E-state index contributed by atoms with van der Waals surface area (Å²) in [7, 11) is 0. The van der Waals surface area contributed by atoms with Gasteiger partial charge < -0.3 is 15.1 Å². The van der Waals surface area contributed by atoms with Crippen molar-refractivity contribution in [2.75, 3.05) is 25.0 Å². The van der Waals surface area contributed by atoms with Crippen LogP contribution in [0.15, 0.2) is 54.6 Å². The van der Waals surface area contributed by atoms with Gasteiger partial charge in [0.2, 0.25) is 5.91 Å². The maximum atomic E-state index is 12.9. The van der Waals surface area contributed by atoms with Crippen LogP contribution in [0.1, 0.15) is 64.0 Å². The second-order valence-corrected chi connectivity index (χ2v) is 9.76. The van der Waals surface area contributed by atoms with E-state index in [2.05, 4.69) is 43.4 Å². The van der Waals surface area contributed by atoms with Gasteiger partial charge in [0.05, 0.1) is 0 Å². The van der Waals surface area contributed by atoms with E-state index < -0.39 is 0 Å². The van der Waals surface area contributed by atoms with Gasteiger partial charge in [0.1, 0.15) is 0 Å².